The van der Waals surface area contributed by atoms with Gasteiger partial charge in [-0.15, -0.1) is 0 Å². The highest BCUT2D eigenvalue weighted by Gasteiger charge is 2.38. The van der Waals surface area contributed by atoms with Crippen molar-refractivity contribution in [2.45, 2.75) is 39.0 Å². The summed E-state index contributed by atoms with van der Waals surface area (Å²) in [6.07, 6.45) is 0. The molecule has 0 spiro atoms. The number of hydrogen-bond donors (Lipinski definition) is 0. The van der Waals surface area contributed by atoms with Crippen LogP contribution in [-0.4, -0.2) is 0 Å². The second-order valence-corrected chi connectivity index (χ2v) is 18.2. The summed E-state index contributed by atoms with van der Waals surface area (Å²) in [5, 5.41) is 2.44. The zero-order valence-corrected chi connectivity index (χ0v) is 37.5. The molecular weight excluding hydrogens is 783 g/mol. The Labute approximate surface area is 384 Å². The Kier molecular flexibility index (Phi) is 10.1. The molecule has 1 aliphatic carbocycles. The van der Waals surface area contributed by atoms with E-state index < -0.39 is 0 Å². The van der Waals surface area contributed by atoms with Gasteiger partial charge in [0.1, 0.15) is 0 Å². The minimum atomic E-state index is -0.216. The van der Waals surface area contributed by atoms with E-state index in [-0.39, 0.29) is 5.41 Å². The predicted octanol–water partition coefficient (Wildman–Crippen LogP) is 18.1. The van der Waals surface area contributed by atoms with Gasteiger partial charge >= 0.3 is 0 Å². The van der Waals surface area contributed by atoms with Gasteiger partial charge in [-0.25, -0.2) is 0 Å². The van der Waals surface area contributed by atoms with Crippen molar-refractivity contribution in [1.82, 2.24) is 0 Å². The average Bonchev–Trinajstić information content (AvgIpc) is 3.59. The number of rotatable bonds is 9. The van der Waals surface area contributed by atoms with Gasteiger partial charge in [-0.3, -0.25) is 0 Å². The van der Waals surface area contributed by atoms with E-state index in [1.54, 1.807) is 0 Å². The summed E-state index contributed by atoms with van der Waals surface area (Å²) in [5.41, 5.74) is 22.1. The van der Waals surface area contributed by atoms with Crippen LogP contribution < -0.4 is 4.90 Å². The quantitative estimate of drug-likeness (QED) is 0.140. The van der Waals surface area contributed by atoms with Gasteiger partial charge in [-0.1, -0.05) is 222 Å². The molecule has 65 heavy (non-hydrogen) atoms. The molecule has 0 radical (unpaired) electrons. The van der Waals surface area contributed by atoms with Crippen LogP contribution in [0, 0.1) is 0 Å². The van der Waals surface area contributed by atoms with Crippen molar-refractivity contribution in [2.24, 2.45) is 0 Å². The van der Waals surface area contributed by atoms with Crippen LogP contribution in [0.5, 0.6) is 0 Å². The van der Waals surface area contributed by atoms with Crippen molar-refractivity contribution < 1.29 is 0 Å². The first kappa shape index (κ1) is 40.1. The molecule has 0 fully saturated rings. The van der Waals surface area contributed by atoms with Gasteiger partial charge < -0.3 is 4.90 Å². The largest absolute Gasteiger partial charge is 0.310 e. The number of hydrogen-bond acceptors (Lipinski definition) is 1. The SMILES string of the molecule is CC(C)c1ccccc1-c1cc2ccccc2cc1N(c1ccc(-c2c(-c3ccccc3)cccc2-c2ccccc2)cc1)c1ccc2c(c1)C(C)(C)c1cccc(-c3ccccc3)c1-2. The standard InChI is InChI=1S/C64H51N/c1-43(2)52-28-16-17-29-56(52)58-40-48-26-14-15-27-49(48)41-61(58)65(51-38-39-57-60(42-51)64(3,4)59-33-19-32-55(63(57)59)46-24-12-7-13-25-46)50-36-34-47(35-37-50)62-53(44-20-8-5-9-21-44)30-18-31-54(62)45-22-10-6-11-23-45/h5-43H,1-4H3. The van der Waals surface area contributed by atoms with Gasteiger partial charge in [0.2, 0.25) is 0 Å². The van der Waals surface area contributed by atoms with Crippen LogP contribution in [0.1, 0.15) is 50.3 Å². The maximum atomic E-state index is 2.52. The summed E-state index contributed by atoms with van der Waals surface area (Å²) in [6.45, 7) is 9.39. The minimum Gasteiger partial charge on any atom is -0.310 e. The van der Waals surface area contributed by atoms with E-state index in [0.717, 1.165) is 17.1 Å². The van der Waals surface area contributed by atoms with E-state index in [4.69, 9.17) is 0 Å². The lowest BCUT2D eigenvalue weighted by Gasteiger charge is -2.31. The monoisotopic (exact) mass is 833 g/mol. The highest BCUT2D eigenvalue weighted by molar-refractivity contribution is 6.01. The molecule has 10 aromatic rings. The molecule has 1 nitrogen and oxygen atoms in total. The van der Waals surface area contributed by atoms with Gasteiger partial charge in [0.25, 0.3) is 0 Å². The minimum absolute atomic E-state index is 0.216. The zero-order valence-electron chi connectivity index (χ0n) is 37.5. The fourth-order valence-electron chi connectivity index (χ4n) is 10.4. The molecule has 10 aromatic carbocycles. The molecule has 0 N–H and O–H groups in total. The molecule has 0 aliphatic heterocycles. The molecule has 0 bridgehead atoms. The van der Waals surface area contributed by atoms with Crippen molar-refractivity contribution in [2.75, 3.05) is 4.90 Å². The van der Waals surface area contributed by atoms with E-state index in [1.807, 2.05) is 0 Å². The van der Waals surface area contributed by atoms with Crippen LogP contribution in [0.25, 0.3) is 77.5 Å². The van der Waals surface area contributed by atoms with Gasteiger partial charge in [0, 0.05) is 22.4 Å². The van der Waals surface area contributed by atoms with Gasteiger partial charge in [-0.2, -0.15) is 0 Å². The Morgan fingerprint density at radius 3 is 1.43 bits per heavy atom. The second kappa shape index (κ2) is 16.4. The summed E-state index contributed by atoms with van der Waals surface area (Å²) in [6, 6.07) is 85.1. The Hall–Kier alpha value is -7.74. The maximum absolute atomic E-state index is 2.52. The first-order valence-electron chi connectivity index (χ1n) is 23.0. The lowest BCUT2D eigenvalue weighted by molar-refractivity contribution is 0.660. The fourth-order valence-corrected chi connectivity index (χ4v) is 10.4. The van der Waals surface area contributed by atoms with Crippen molar-refractivity contribution in [3.05, 3.63) is 247 Å². The van der Waals surface area contributed by atoms with Gasteiger partial charge in [0.15, 0.2) is 0 Å². The molecule has 0 aromatic heterocycles. The molecule has 0 saturated carbocycles. The average molecular weight is 834 g/mol. The molecule has 0 amide bonds. The Morgan fingerprint density at radius 2 is 0.831 bits per heavy atom. The van der Waals surface area contributed by atoms with Crippen LogP contribution in [0.15, 0.2) is 231 Å². The van der Waals surface area contributed by atoms with E-state index in [9.17, 15) is 0 Å². The topological polar surface area (TPSA) is 3.24 Å². The molecular formula is C64H51N. The molecule has 0 saturated heterocycles. The lowest BCUT2D eigenvalue weighted by Crippen LogP contribution is -2.17. The molecule has 0 heterocycles. The molecule has 0 unspecified atom stereocenters. The molecule has 0 atom stereocenters. The van der Waals surface area contributed by atoms with E-state index in [1.165, 1.54) is 94.2 Å². The van der Waals surface area contributed by atoms with Crippen LogP contribution in [0.2, 0.25) is 0 Å². The summed E-state index contributed by atoms with van der Waals surface area (Å²) in [4.78, 5) is 2.52. The summed E-state index contributed by atoms with van der Waals surface area (Å²) in [7, 11) is 0. The first-order chi connectivity index (χ1) is 31.8. The highest BCUT2D eigenvalue weighted by atomic mass is 15.1. The molecule has 1 aliphatic rings. The molecule has 312 valence electrons. The summed E-state index contributed by atoms with van der Waals surface area (Å²) < 4.78 is 0. The predicted molar refractivity (Wildman–Crippen MR) is 277 cm³/mol. The highest BCUT2D eigenvalue weighted by Crippen LogP contribution is 2.54. The van der Waals surface area contributed by atoms with Crippen LogP contribution in [-0.2, 0) is 5.41 Å². The lowest BCUT2D eigenvalue weighted by atomic mass is 9.81. The van der Waals surface area contributed by atoms with E-state index in [0.29, 0.717) is 5.92 Å². The zero-order chi connectivity index (χ0) is 44.1. The van der Waals surface area contributed by atoms with Gasteiger partial charge in [0.05, 0.1) is 5.69 Å². The third-order valence-corrected chi connectivity index (χ3v) is 13.7. The third-order valence-electron chi connectivity index (χ3n) is 13.7. The number of fused-ring (bicyclic) bond motifs is 4. The van der Waals surface area contributed by atoms with Crippen molar-refractivity contribution in [3.8, 4) is 66.8 Å². The van der Waals surface area contributed by atoms with Crippen LogP contribution in [0.3, 0.4) is 0 Å². The number of anilines is 3. The Morgan fingerprint density at radius 1 is 0.338 bits per heavy atom. The number of nitrogens with zero attached hydrogens (tertiary/aromatic N) is 1. The molecule has 11 rings (SSSR count). The fraction of sp³-hybridized carbons (Fsp3) is 0.0938. The smallest absolute Gasteiger partial charge is 0.0546 e. The van der Waals surface area contributed by atoms with E-state index >= 15 is 0 Å². The van der Waals surface area contributed by atoms with Crippen LogP contribution in [0.4, 0.5) is 17.1 Å². The summed E-state index contributed by atoms with van der Waals surface area (Å²) >= 11 is 0. The Bertz CT molecular complexity index is 3290. The van der Waals surface area contributed by atoms with Gasteiger partial charge in [-0.05, 0) is 131 Å². The first-order valence-corrected chi connectivity index (χ1v) is 23.0. The normalized spacial score (nSPS) is 12.6. The van der Waals surface area contributed by atoms with Crippen molar-refractivity contribution >= 4 is 27.8 Å². The van der Waals surface area contributed by atoms with Crippen molar-refractivity contribution in [3.63, 3.8) is 0 Å². The maximum Gasteiger partial charge on any atom is 0.0546 e. The van der Waals surface area contributed by atoms with Crippen LogP contribution >= 0.6 is 0 Å². The molecule has 1 heteroatoms. The second-order valence-electron chi connectivity index (χ2n) is 18.2. The van der Waals surface area contributed by atoms with Crippen molar-refractivity contribution in [1.29, 1.82) is 0 Å². The third kappa shape index (κ3) is 7.05. The Balaban J connectivity index is 1.15. The summed E-state index contributed by atoms with van der Waals surface area (Å²) in [5.74, 6) is 0.347. The number of benzene rings is 10. The van der Waals surface area contributed by atoms with E-state index in [2.05, 4.69) is 263 Å².